The van der Waals surface area contributed by atoms with Crippen molar-refractivity contribution in [2.75, 3.05) is 26.4 Å². The molecule has 0 aliphatic heterocycles. The number of anilines is 1. The molecule has 0 fully saturated rings. The molecule has 2 aromatic heterocycles. The van der Waals surface area contributed by atoms with Crippen molar-refractivity contribution in [2.45, 2.75) is 12.8 Å². The highest BCUT2D eigenvalue weighted by molar-refractivity contribution is 5.95. The predicted octanol–water partition coefficient (Wildman–Crippen LogP) is 0.855. The average Bonchev–Trinajstić information content (AvgIpc) is 2.79. The van der Waals surface area contributed by atoms with Crippen LogP contribution in [0.25, 0.3) is 5.52 Å². The summed E-state index contributed by atoms with van der Waals surface area (Å²) < 4.78 is 6.56. The Balaban J connectivity index is 2.48. The summed E-state index contributed by atoms with van der Waals surface area (Å²) in [6, 6.07) is 5.41. The van der Waals surface area contributed by atoms with E-state index in [2.05, 4.69) is 10.3 Å². The zero-order valence-corrected chi connectivity index (χ0v) is 11.1. The van der Waals surface area contributed by atoms with E-state index in [0.717, 1.165) is 25.2 Å². The van der Waals surface area contributed by atoms with Gasteiger partial charge in [0.05, 0.1) is 12.6 Å². The minimum absolute atomic E-state index is 0.314. The Morgan fingerprint density at radius 2 is 2.32 bits per heavy atom. The lowest BCUT2D eigenvalue weighted by Gasteiger charge is -2.04. The first-order chi connectivity index (χ1) is 9.19. The van der Waals surface area contributed by atoms with Gasteiger partial charge >= 0.3 is 5.97 Å². The maximum Gasteiger partial charge on any atom is 0.358 e. The number of carbonyl (C=O) groups excluding carboxylic acids is 1. The summed E-state index contributed by atoms with van der Waals surface area (Å²) in [4.78, 5) is 16.1. The summed E-state index contributed by atoms with van der Waals surface area (Å²) >= 11 is 0. The van der Waals surface area contributed by atoms with Gasteiger partial charge in [0.25, 0.3) is 0 Å². The molecule has 2 aromatic rings. The molecule has 0 bridgehead atoms. The number of methoxy groups -OCH3 is 1. The van der Waals surface area contributed by atoms with Gasteiger partial charge in [0, 0.05) is 6.42 Å². The number of nitrogens with one attached hydrogen (secondary N) is 1. The van der Waals surface area contributed by atoms with Crippen LogP contribution in [0.3, 0.4) is 0 Å². The lowest BCUT2D eigenvalue weighted by Crippen LogP contribution is -2.10. The third-order valence-electron chi connectivity index (χ3n) is 2.97. The Bertz CT molecular complexity index is 592. The smallest absolute Gasteiger partial charge is 0.358 e. The number of esters is 1. The van der Waals surface area contributed by atoms with Gasteiger partial charge in [-0.15, -0.1) is 0 Å². The number of aromatic nitrogens is 2. The van der Waals surface area contributed by atoms with E-state index >= 15 is 0 Å². The summed E-state index contributed by atoms with van der Waals surface area (Å²) in [7, 11) is 3.25. The number of nitrogens with zero attached hydrogens (tertiary/aromatic N) is 2. The second-order valence-corrected chi connectivity index (χ2v) is 4.25. The van der Waals surface area contributed by atoms with Crippen molar-refractivity contribution in [1.29, 1.82) is 0 Å². The van der Waals surface area contributed by atoms with E-state index in [9.17, 15) is 4.79 Å². The Kier molecular flexibility index (Phi) is 4.01. The summed E-state index contributed by atoms with van der Waals surface area (Å²) in [5, 5.41) is 3.08. The monoisotopic (exact) mass is 262 g/mol. The summed E-state index contributed by atoms with van der Waals surface area (Å²) in [5.74, 6) is 0.909. The molecule has 0 saturated heterocycles. The third kappa shape index (κ3) is 2.53. The van der Waals surface area contributed by atoms with Crippen LogP contribution in [-0.4, -0.2) is 36.1 Å². The van der Waals surface area contributed by atoms with Gasteiger partial charge in [-0.3, -0.25) is 4.40 Å². The van der Waals surface area contributed by atoms with Crippen LogP contribution in [0.15, 0.2) is 18.2 Å². The highest BCUT2D eigenvalue weighted by atomic mass is 16.5. The van der Waals surface area contributed by atoms with Crippen molar-refractivity contribution >= 4 is 17.3 Å². The van der Waals surface area contributed by atoms with Crippen LogP contribution in [0, 0.1) is 0 Å². The molecule has 0 saturated carbocycles. The van der Waals surface area contributed by atoms with E-state index in [-0.39, 0.29) is 0 Å². The van der Waals surface area contributed by atoms with Gasteiger partial charge in [-0.1, -0.05) is 6.07 Å². The number of nitrogens with two attached hydrogens (primary N) is 1. The van der Waals surface area contributed by atoms with Gasteiger partial charge in [-0.05, 0) is 32.1 Å². The number of imidazole rings is 1. The van der Waals surface area contributed by atoms with Crippen molar-refractivity contribution in [3.8, 4) is 0 Å². The van der Waals surface area contributed by atoms with Gasteiger partial charge in [-0.2, -0.15) is 0 Å². The number of carbonyl (C=O) groups is 1. The van der Waals surface area contributed by atoms with Crippen molar-refractivity contribution in [2.24, 2.45) is 0 Å². The number of hydrogen-bond donors (Lipinski definition) is 2. The first kappa shape index (κ1) is 13.4. The molecule has 0 atom stereocenters. The number of ether oxygens (including phenoxy) is 1. The largest absolute Gasteiger partial charge is 0.464 e. The molecule has 2 rings (SSSR count). The van der Waals surface area contributed by atoms with Crippen LogP contribution < -0.4 is 11.1 Å². The number of rotatable bonds is 5. The van der Waals surface area contributed by atoms with Crippen LogP contribution in [0.4, 0.5) is 5.82 Å². The van der Waals surface area contributed by atoms with E-state index in [1.807, 2.05) is 17.5 Å². The number of hydrogen-bond acceptors (Lipinski definition) is 5. The number of nitrogen functional groups attached to an aromatic ring is 1. The normalized spacial score (nSPS) is 10.8. The Hall–Kier alpha value is -2.08. The molecule has 0 aromatic carbocycles. The summed E-state index contributed by atoms with van der Waals surface area (Å²) in [6.45, 7) is 0.884. The first-order valence-electron chi connectivity index (χ1n) is 6.17. The lowest BCUT2D eigenvalue weighted by atomic mass is 10.3. The van der Waals surface area contributed by atoms with Gasteiger partial charge in [0.2, 0.25) is 0 Å². The SMILES string of the molecule is CNCCCc1nc(C(=O)OC)c2cccc(N)n12. The maximum atomic E-state index is 11.7. The zero-order chi connectivity index (χ0) is 13.8. The van der Waals surface area contributed by atoms with Crippen molar-refractivity contribution < 1.29 is 9.53 Å². The lowest BCUT2D eigenvalue weighted by molar-refractivity contribution is 0.0597. The van der Waals surface area contributed by atoms with Crippen LogP contribution in [0.1, 0.15) is 22.7 Å². The summed E-state index contributed by atoms with van der Waals surface area (Å²) in [5.41, 5.74) is 6.97. The van der Waals surface area contributed by atoms with E-state index in [1.54, 1.807) is 12.1 Å². The second-order valence-electron chi connectivity index (χ2n) is 4.25. The molecule has 0 amide bonds. The predicted molar refractivity (Wildman–Crippen MR) is 73.2 cm³/mol. The number of pyridine rings is 1. The Morgan fingerprint density at radius 1 is 1.53 bits per heavy atom. The van der Waals surface area contributed by atoms with Gasteiger partial charge < -0.3 is 15.8 Å². The molecule has 0 spiro atoms. The molecule has 6 nitrogen and oxygen atoms in total. The maximum absolute atomic E-state index is 11.7. The van der Waals surface area contributed by atoms with E-state index in [0.29, 0.717) is 17.0 Å². The van der Waals surface area contributed by atoms with Gasteiger partial charge in [0.15, 0.2) is 5.69 Å². The molecule has 3 N–H and O–H groups in total. The Labute approximate surface area is 111 Å². The Morgan fingerprint density at radius 3 is 3.00 bits per heavy atom. The quantitative estimate of drug-likeness (QED) is 0.617. The molecule has 6 heteroatoms. The van der Waals surface area contributed by atoms with Crippen molar-refractivity contribution in [1.82, 2.24) is 14.7 Å². The number of fused-ring (bicyclic) bond motifs is 1. The van der Waals surface area contributed by atoms with Crippen LogP contribution in [0.5, 0.6) is 0 Å². The van der Waals surface area contributed by atoms with E-state index in [4.69, 9.17) is 10.5 Å². The molecular formula is C13H18N4O2. The molecule has 102 valence electrons. The minimum Gasteiger partial charge on any atom is -0.464 e. The van der Waals surface area contributed by atoms with Crippen LogP contribution in [-0.2, 0) is 11.2 Å². The fraction of sp³-hybridized carbons (Fsp3) is 0.385. The van der Waals surface area contributed by atoms with Crippen LogP contribution >= 0.6 is 0 Å². The highest BCUT2D eigenvalue weighted by Crippen LogP contribution is 2.19. The van der Waals surface area contributed by atoms with Gasteiger partial charge in [-0.25, -0.2) is 9.78 Å². The second kappa shape index (κ2) is 5.71. The van der Waals surface area contributed by atoms with E-state index < -0.39 is 5.97 Å². The fourth-order valence-electron chi connectivity index (χ4n) is 2.07. The molecular weight excluding hydrogens is 244 g/mol. The number of aryl methyl sites for hydroxylation is 1. The fourth-order valence-corrected chi connectivity index (χ4v) is 2.07. The molecule has 0 aliphatic rings. The summed E-state index contributed by atoms with van der Waals surface area (Å²) in [6.07, 6.45) is 1.66. The average molecular weight is 262 g/mol. The van der Waals surface area contributed by atoms with Crippen molar-refractivity contribution in [3.05, 3.63) is 29.7 Å². The first-order valence-corrected chi connectivity index (χ1v) is 6.17. The van der Waals surface area contributed by atoms with Crippen molar-refractivity contribution in [3.63, 3.8) is 0 Å². The minimum atomic E-state index is -0.442. The molecule has 0 unspecified atom stereocenters. The van der Waals surface area contributed by atoms with Gasteiger partial charge in [0.1, 0.15) is 11.6 Å². The molecule has 0 aliphatic carbocycles. The third-order valence-corrected chi connectivity index (χ3v) is 2.97. The highest BCUT2D eigenvalue weighted by Gasteiger charge is 2.18. The topological polar surface area (TPSA) is 81.6 Å². The molecule has 2 heterocycles. The molecule has 19 heavy (non-hydrogen) atoms. The van der Waals surface area contributed by atoms with Crippen LogP contribution in [0.2, 0.25) is 0 Å². The molecule has 0 radical (unpaired) electrons. The van der Waals surface area contributed by atoms with E-state index in [1.165, 1.54) is 7.11 Å². The zero-order valence-electron chi connectivity index (χ0n) is 11.1. The standard InChI is InChI=1S/C13H18N4O2/c1-15-8-4-7-11-16-12(13(18)19-2)9-5-3-6-10(14)17(9)11/h3,5-6,15H,4,7-8,14H2,1-2H3.